The topological polar surface area (TPSA) is 117 Å². The highest BCUT2D eigenvalue weighted by atomic mass is 32.2. The zero-order valence-electron chi connectivity index (χ0n) is 15.4. The van der Waals surface area contributed by atoms with E-state index in [-0.39, 0.29) is 36.0 Å². The molecule has 2 atom stereocenters. The number of furan rings is 1. The molecule has 0 aromatic carbocycles. The Balaban J connectivity index is 1.56. The fraction of sp³-hybridized carbons (Fsp3) is 0.667. The van der Waals surface area contributed by atoms with E-state index in [4.69, 9.17) is 9.52 Å². The lowest BCUT2D eigenvalue weighted by Crippen LogP contribution is -2.46. The Morgan fingerprint density at radius 2 is 1.89 bits per heavy atom. The van der Waals surface area contributed by atoms with Gasteiger partial charge in [0.25, 0.3) is 10.0 Å². The van der Waals surface area contributed by atoms with Crippen molar-refractivity contribution in [3.05, 3.63) is 17.9 Å². The zero-order valence-corrected chi connectivity index (χ0v) is 16.2. The van der Waals surface area contributed by atoms with Crippen molar-refractivity contribution in [2.45, 2.75) is 56.6 Å². The largest absolute Gasteiger partial charge is 0.475 e. The van der Waals surface area contributed by atoms with Crippen molar-refractivity contribution in [1.29, 1.82) is 0 Å². The lowest BCUT2D eigenvalue weighted by molar-refractivity contribution is -0.127. The van der Waals surface area contributed by atoms with Crippen LogP contribution in [0.5, 0.6) is 0 Å². The molecule has 2 aliphatic rings. The molecular weight excluding hydrogens is 372 g/mol. The standard InChI is InChI=1S/C18H26N2O6S/c1-12-3-2-4-14(11-12)19-17(21)13-7-9-20(10-8-13)27(24,25)16-6-5-15(26-16)18(22)23/h5-6,12-14H,2-4,7-11H2,1H3,(H,19,21)(H,22,23). The fourth-order valence-electron chi connectivity index (χ4n) is 3.94. The first-order valence-electron chi connectivity index (χ1n) is 9.41. The summed E-state index contributed by atoms with van der Waals surface area (Å²) >= 11 is 0. The number of rotatable bonds is 5. The van der Waals surface area contributed by atoms with Gasteiger partial charge in [-0.1, -0.05) is 19.8 Å². The predicted molar refractivity (Wildman–Crippen MR) is 96.7 cm³/mol. The van der Waals surface area contributed by atoms with E-state index in [9.17, 15) is 18.0 Å². The maximum atomic E-state index is 12.6. The first kappa shape index (κ1) is 19.9. The van der Waals surface area contributed by atoms with Crippen LogP contribution < -0.4 is 5.32 Å². The van der Waals surface area contributed by atoms with Crippen molar-refractivity contribution in [2.75, 3.05) is 13.1 Å². The lowest BCUT2D eigenvalue weighted by Gasteiger charge is -2.32. The Morgan fingerprint density at radius 1 is 1.19 bits per heavy atom. The van der Waals surface area contributed by atoms with Crippen LogP contribution in [0.4, 0.5) is 0 Å². The molecule has 1 saturated heterocycles. The van der Waals surface area contributed by atoms with Crippen LogP contribution in [0.3, 0.4) is 0 Å². The molecule has 150 valence electrons. The van der Waals surface area contributed by atoms with Gasteiger partial charge in [0.05, 0.1) is 0 Å². The molecule has 0 radical (unpaired) electrons. The third-order valence-electron chi connectivity index (χ3n) is 5.49. The van der Waals surface area contributed by atoms with E-state index < -0.39 is 21.8 Å². The van der Waals surface area contributed by atoms with Crippen LogP contribution in [0.1, 0.15) is 56.0 Å². The summed E-state index contributed by atoms with van der Waals surface area (Å²) in [4.78, 5) is 23.4. The summed E-state index contributed by atoms with van der Waals surface area (Å²) in [5, 5.41) is 11.6. The second kappa shape index (κ2) is 8.02. The first-order valence-corrected chi connectivity index (χ1v) is 10.8. The van der Waals surface area contributed by atoms with Gasteiger partial charge in [-0.05, 0) is 43.7 Å². The molecule has 9 heteroatoms. The molecule has 2 unspecified atom stereocenters. The second-order valence-electron chi connectivity index (χ2n) is 7.58. The van der Waals surface area contributed by atoms with Crippen LogP contribution in [0.2, 0.25) is 0 Å². The maximum Gasteiger partial charge on any atom is 0.371 e. The lowest BCUT2D eigenvalue weighted by atomic mass is 9.86. The molecular formula is C18H26N2O6S. The molecule has 0 spiro atoms. The number of amides is 1. The SMILES string of the molecule is CC1CCCC(NC(=O)C2CCN(S(=O)(=O)c3ccc(C(=O)O)o3)CC2)C1. The minimum atomic E-state index is -3.89. The van der Waals surface area contributed by atoms with Crippen LogP contribution >= 0.6 is 0 Å². The number of hydrogen-bond donors (Lipinski definition) is 2. The molecule has 1 aromatic rings. The van der Waals surface area contributed by atoms with Gasteiger partial charge in [0.2, 0.25) is 16.8 Å². The molecule has 1 aliphatic heterocycles. The molecule has 3 rings (SSSR count). The van der Waals surface area contributed by atoms with Gasteiger partial charge in [-0.15, -0.1) is 0 Å². The quantitative estimate of drug-likeness (QED) is 0.784. The Kier molecular flexibility index (Phi) is 5.90. The van der Waals surface area contributed by atoms with Crippen LogP contribution in [0, 0.1) is 11.8 Å². The number of hydrogen-bond acceptors (Lipinski definition) is 5. The Morgan fingerprint density at radius 3 is 2.48 bits per heavy atom. The summed E-state index contributed by atoms with van der Waals surface area (Å²) in [6, 6.07) is 2.50. The number of carbonyl (C=O) groups excluding carboxylic acids is 1. The normalized spacial score (nSPS) is 25.2. The monoisotopic (exact) mass is 398 g/mol. The average molecular weight is 398 g/mol. The first-order chi connectivity index (χ1) is 12.8. The van der Waals surface area contributed by atoms with Gasteiger partial charge < -0.3 is 14.8 Å². The van der Waals surface area contributed by atoms with E-state index in [1.54, 1.807) is 0 Å². The number of nitrogens with zero attached hydrogens (tertiary/aromatic N) is 1. The number of carboxylic acids is 1. The number of sulfonamides is 1. The van der Waals surface area contributed by atoms with E-state index in [0.717, 1.165) is 31.4 Å². The fourth-order valence-corrected chi connectivity index (χ4v) is 5.32. The van der Waals surface area contributed by atoms with Crippen LogP contribution in [-0.2, 0) is 14.8 Å². The average Bonchev–Trinajstić information content (AvgIpc) is 3.13. The molecule has 0 bridgehead atoms. The molecule has 2 N–H and O–H groups in total. The highest BCUT2D eigenvalue weighted by Crippen LogP contribution is 2.27. The van der Waals surface area contributed by atoms with E-state index in [1.807, 2.05) is 0 Å². The van der Waals surface area contributed by atoms with E-state index in [0.29, 0.717) is 18.8 Å². The number of aromatic carboxylic acids is 1. The highest BCUT2D eigenvalue weighted by Gasteiger charge is 2.35. The Labute approximate surface area is 159 Å². The zero-order chi connectivity index (χ0) is 19.6. The number of carbonyl (C=O) groups is 2. The third-order valence-corrected chi connectivity index (χ3v) is 7.27. The van der Waals surface area contributed by atoms with Crippen molar-refractivity contribution >= 4 is 21.9 Å². The summed E-state index contributed by atoms with van der Waals surface area (Å²) in [5.41, 5.74) is 0. The van der Waals surface area contributed by atoms with Crippen molar-refractivity contribution in [1.82, 2.24) is 9.62 Å². The smallest absolute Gasteiger partial charge is 0.371 e. The van der Waals surface area contributed by atoms with E-state index in [2.05, 4.69) is 12.2 Å². The summed E-state index contributed by atoms with van der Waals surface area (Å²) in [5.74, 6) is -1.29. The van der Waals surface area contributed by atoms with Crippen molar-refractivity contribution in [3.8, 4) is 0 Å². The van der Waals surface area contributed by atoms with Crippen molar-refractivity contribution < 1.29 is 27.5 Å². The van der Waals surface area contributed by atoms with Gasteiger partial charge in [-0.2, -0.15) is 4.31 Å². The van der Waals surface area contributed by atoms with Gasteiger partial charge in [0, 0.05) is 25.0 Å². The second-order valence-corrected chi connectivity index (χ2v) is 9.45. The summed E-state index contributed by atoms with van der Waals surface area (Å²) in [7, 11) is -3.89. The molecule has 8 nitrogen and oxygen atoms in total. The highest BCUT2D eigenvalue weighted by molar-refractivity contribution is 7.89. The van der Waals surface area contributed by atoms with E-state index >= 15 is 0 Å². The molecule has 1 aliphatic carbocycles. The van der Waals surface area contributed by atoms with Gasteiger partial charge in [-0.3, -0.25) is 4.79 Å². The van der Waals surface area contributed by atoms with Gasteiger partial charge in [-0.25, -0.2) is 13.2 Å². The van der Waals surface area contributed by atoms with Crippen LogP contribution in [0.15, 0.2) is 21.6 Å². The van der Waals surface area contributed by atoms with Crippen LogP contribution in [-0.4, -0.2) is 48.8 Å². The summed E-state index contributed by atoms with van der Waals surface area (Å²) in [6.07, 6.45) is 5.24. The Hall–Kier alpha value is -1.87. The predicted octanol–water partition coefficient (Wildman–Crippen LogP) is 2.07. The van der Waals surface area contributed by atoms with Crippen LogP contribution in [0.25, 0.3) is 0 Å². The van der Waals surface area contributed by atoms with Gasteiger partial charge in [0.1, 0.15) is 0 Å². The van der Waals surface area contributed by atoms with E-state index in [1.165, 1.54) is 10.7 Å². The number of carboxylic acid groups (broad SMARTS) is 1. The van der Waals surface area contributed by atoms with Gasteiger partial charge >= 0.3 is 5.97 Å². The molecule has 2 fully saturated rings. The minimum Gasteiger partial charge on any atom is -0.475 e. The maximum absolute atomic E-state index is 12.6. The van der Waals surface area contributed by atoms with Crippen molar-refractivity contribution in [2.24, 2.45) is 11.8 Å². The molecule has 1 saturated carbocycles. The molecule has 1 amide bonds. The molecule has 2 heterocycles. The molecule has 27 heavy (non-hydrogen) atoms. The summed E-state index contributed by atoms with van der Waals surface area (Å²) < 4.78 is 31.4. The van der Waals surface area contributed by atoms with Crippen molar-refractivity contribution in [3.63, 3.8) is 0 Å². The van der Waals surface area contributed by atoms with Gasteiger partial charge in [0.15, 0.2) is 0 Å². The Bertz CT molecular complexity index is 795. The minimum absolute atomic E-state index is 0.0114. The number of piperidine rings is 1. The summed E-state index contributed by atoms with van der Waals surface area (Å²) in [6.45, 7) is 2.63. The third kappa shape index (κ3) is 4.52. The number of nitrogens with one attached hydrogen (secondary N) is 1. The molecule has 1 aromatic heterocycles.